The molecule has 20 heavy (non-hydrogen) atoms. The molecule has 0 aliphatic heterocycles. The molecule has 1 aromatic carbocycles. The van der Waals surface area contributed by atoms with Gasteiger partial charge in [0, 0.05) is 12.1 Å². The molecule has 0 radical (unpaired) electrons. The van der Waals surface area contributed by atoms with Crippen LogP contribution >= 0.6 is 0 Å². The number of benzene rings is 1. The van der Waals surface area contributed by atoms with Crippen molar-refractivity contribution in [3.63, 3.8) is 0 Å². The summed E-state index contributed by atoms with van der Waals surface area (Å²) in [5.41, 5.74) is 2.05. The standard InChI is InChI=1S/C14H16N4O2/c1-3-8-15-14-16-9-12(18(19)20)13(17-14)11-6-4-10(2)5-7-11/h4-7,9H,3,8H2,1-2H3,(H,15,16,17). The number of nitrogens with zero attached hydrogens (tertiary/aromatic N) is 3. The monoisotopic (exact) mass is 272 g/mol. The maximum atomic E-state index is 11.1. The highest BCUT2D eigenvalue weighted by atomic mass is 16.6. The van der Waals surface area contributed by atoms with Crippen molar-refractivity contribution in [1.29, 1.82) is 0 Å². The summed E-state index contributed by atoms with van der Waals surface area (Å²) in [5.74, 6) is 0.410. The second-order valence-corrected chi connectivity index (χ2v) is 4.48. The van der Waals surface area contributed by atoms with Gasteiger partial charge in [0.2, 0.25) is 5.95 Å². The van der Waals surface area contributed by atoms with E-state index < -0.39 is 4.92 Å². The second kappa shape index (κ2) is 6.10. The number of aryl methyl sites for hydroxylation is 1. The highest BCUT2D eigenvalue weighted by molar-refractivity contribution is 5.70. The zero-order valence-corrected chi connectivity index (χ0v) is 11.5. The Kier molecular flexibility index (Phi) is 4.24. The van der Waals surface area contributed by atoms with E-state index >= 15 is 0 Å². The predicted octanol–water partition coefficient (Wildman–Crippen LogP) is 3.18. The Morgan fingerprint density at radius 2 is 2.00 bits per heavy atom. The van der Waals surface area contributed by atoms with Crippen LogP contribution in [0.2, 0.25) is 0 Å². The lowest BCUT2D eigenvalue weighted by Crippen LogP contribution is -2.06. The van der Waals surface area contributed by atoms with Crippen molar-refractivity contribution < 1.29 is 4.92 Å². The summed E-state index contributed by atoms with van der Waals surface area (Å²) >= 11 is 0. The first kappa shape index (κ1) is 13.9. The van der Waals surface area contributed by atoms with Crippen molar-refractivity contribution in [3.05, 3.63) is 46.1 Å². The van der Waals surface area contributed by atoms with Gasteiger partial charge in [0.25, 0.3) is 0 Å². The summed E-state index contributed by atoms with van der Waals surface area (Å²) in [6.07, 6.45) is 2.18. The molecule has 0 saturated heterocycles. The molecule has 2 rings (SSSR count). The molecule has 0 saturated carbocycles. The Bertz CT molecular complexity index is 611. The van der Waals surface area contributed by atoms with E-state index in [1.807, 2.05) is 38.1 Å². The summed E-state index contributed by atoms with van der Waals surface area (Å²) in [6, 6.07) is 7.46. The molecule has 6 heteroatoms. The Labute approximate surface area is 117 Å². The summed E-state index contributed by atoms with van der Waals surface area (Å²) in [6.45, 7) is 4.72. The SMILES string of the molecule is CCCNc1ncc([N+](=O)[O-])c(-c2ccc(C)cc2)n1. The van der Waals surface area contributed by atoms with Crippen LogP contribution in [-0.2, 0) is 0 Å². The van der Waals surface area contributed by atoms with Crippen LogP contribution in [0.4, 0.5) is 11.6 Å². The smallest absolute Gasteiger partial charge is 0.313 e. The molecule has 0 spiro atoms. The minimum atomic E-state index is -0.460. The van der Waals surface area contributed by atoms with Gasteiger partial charge in [-0.3, -0.25) is 10.1 Å². The van der Waals surface area contributed by atoms with Gasteiger partial charge in [-0.15, -0.1) is 0 Å². The van der Waals surface area contributed by atoms with Crippen molar-refractivity contribution in [1.82, 2.24) is 9.97 Å². The summed E-state index contributed by atoms with van der Waals surface area (Å²) in [4.78, 5) is 18.9. The molecule has 0 atom stereocenters. The lowest BCUT2D eigenvalue weighted by molar-refractivity contribution is -0.384. The van der Waals surface area contributed by atoms with E-state index in [0.717, 1.165) is 18.5 Å². The maximum Gasteiger partial charge on any atom is 0.313 e. The molecule has 2 aromatic rings. The van der Waals surface area contributed by atoms with Crippen LogP contribution in [0.3, 0.4) is 0 Å². The third-order valence-electron chi connectivity index (χ3n) is 2.82. The molecule has 0 bridgehead atoms. The molecular weight excluding hydrogens is 256 g/mol. The number of anilines is 1. The van der Waals surface area contributed by atoms with Crippen molar-refractivity contribution in [3.8, 4) is 11.3 Å². The van der Waals surface area contributed by atoms with Gasteiger partial charge in [-0.1, -0.05) is 36.8 Å². The van der Waals surface area contributed by atoms with Crippen LogP contribution in [0.15, 0.2) is 30.5 Å². The van der Waals surface area contributed by atoms with Crippen LogP contribution in [0.25, 0.3) is 11.3 Å². The lowest BCUT2D eigenvalue weighted by Gasteiger charge is -2.06. The molecule has 1 N–H and O–H groups in total. The fraction of sp³-hybridized carbons (Fsp3) is 0.286. The predicted molar refractivity (Wildman–Crippen MR) is 77.6 cm³/mol. The molecule has 0 amide bonds. The first-order chi connectivity index (χ1) is 9.61. The van der Waals surface area contributed by atoms with Crippen LogP contribution in [-0.4, -0.2) is 21.4 Å². The number of nitro groups is 1. The second-order valence-electron chi connectivity index (χ2n) is 4.48. The van der Waals surface area contributed by atoms with Crippen LogP contribution in [0, 0.1) is 17.0 Å². The largest absolute Gasteiger partial charge is 0.354 e. The van der Waals surface area contributed by atoms with E-state index in [9.17, 15) is 10.1 Å². The van der Waals surface area contributed by atoms with E-state index in [-0.39, 0.29) is 5.69 Å². The fourth-order valence-electron chi connectivity index (χ4n) is 1.75. The molecule has 104 valence electrons. The van der Waals surface area contributed by atoms with Crippen molar-refractivity contribution in [2.45, 2.75) is 20.3 Å². The van der Waals surface area contributed by atoms with Crippen molar-refractivity contribution >= 4 is 11.6 Å². The average Bonchev–Trinajstić information content (AvgIpc) is 2.45. The Hall–Kier alpha value is -2.50. The van der Waals surface area contributed by atoms with E-state index in [1.165, 1.54) is 6.20 Å². The molecule has 6 nitrogen and oxygen atoms in total. The zero-order chi connectivity index (χ0) is 14.5. The van der Waals surface area contributed by atoms with Gasteiger partial charge in [0.05, 0.1) is 4.92 Å². The molecule has 0 unspecified atom stereocenters. The van der Waals surface area contributed by atoms with E-state index in [0.29, 0.717) is 17.2 Å². The summed E-state index contributed by atoms with van der Waals surface area (Å²) in [5, 5.41) is 14.1. The Morgan fingerprint density at radius 3 is 2.60 bits per heavy atom. The van der Waals surface area contributed by atoms with E-state index in [1.54, 1.807) is 0 Å². The molecule has 1 aromatic heterocycles. The van der Waals surface area contributed by atoms with Gasteiger partial charge < -0.3 is 5.32 Å². The van der Waals surface area contributed by atoms with E-state index in [4.69, 9.17) is 0 Å². The van der Waals surface area contributed by atoms with Gasteiger partial charge in [-0.2, -0.15) is 0 Å². The van der Waals surface area contributed by atoms with Gasteiger partial charge in [-0.05, 0) is 13.3 Å². The van der Waals surface area contributed by atoms with Crippen molar-refractivity contribution in [2.75, 3.05) is 11.9 Å². The minimum absolute atomic E-state index is 0.0871. The van der Waals surface area contributed by atoms with Gasteiger partial charge in [0.1, 0.15) is 6.20 Å². The molecule has 0 aliphatic carbocycles. The third kappa shape index (κ3) is 3.09. The number of nitrogens with one attached hydrogen (secondary N) is 1. The molecular formula is C14H16N4O2. The molecule has 1 heterocycles. The van der Waals surface area contributed by atoms with Gasteiger partial charge in [-0.25, -0.2) is 9.97 Å². The number of hydrogen-bond acceptors (Lipinski definition) is 5. The lowest BCUT2D eigenvalue weighted by atomic mass is 10.1. The summed E-state index contributed by atoms with van der Waals surface area (Å²) in [7, 11) is 0. The number of aromatic nitrogens is 2. The van der Waals surface area contributed by atoms with Crippen LogP contribution in [0.5, 0.6) is 0 Å². The first-order valence-corrected chi connectivity index (χ1v) is 6.44. The normalized spacial score (nSPS) is 10.3. The number of rotatable bonds is 5. The molecule has 0 fully saturated rings. The minimum Gasteiger partial charge on any atom is -0.354 e. The van der Waals surface area contributed by atoms with Crippen LogP contribution in [0.1, 0.15) is 18.9 Å². The first-order valence-electron chi connectivity index (χ1n) is 6.44. The van der Waals surface area contributed by atoms with Crippen molar-refractivity contribution in [2.24, 2.45) is 0 Å². The maximum absolute atomic E-state index is 11.1. The highest BCUT2D eigenvalue weighted by Crippen LogP contribution is 2.28. The van der Waals surface area contributed by atoms with Crippen LogP contribution < -0.4 is 5.32 Å². The zero-order valence-electron chi connectivity index (χ0n) is 11.5. The quantitative estimate of drug-likeness (QED) is 0.667. The average molecular weight is 272 g/mol. The Morgan fingerprint density at radius 1 is 1.30 bits per heavy atom. The highest BCUT2D eigenvalue weighted by Gasteiger charge is 2.18. The van der Waals surface area contributed by atoms with Gasteiger partial charge in [0.15, 0.2) is 5.69 Å². The Balaban J connectivity index is 2.46. The number of hydrogen-bond donors (Lipinski definition) is 1. The third-order valence-corrected chi connectivity index (χ3v) is 2.82. The van der Waals surface area contributed by atoms with E-state index in [2.05, 4.69) is 15.3 Å². The fourth-order valence-corrected chi connectivity index (χ4v) is 1.75. The molecule has 0 aliphatic rings. The summed E-state index contributed by atoms with van der Waals surface area (Å²) < 4.78 is 0. The topological polar surface area (TPSA) is 81.0 Å². The van der Waals surface area contributed by atoms with Gasteiger partial charge >= 0.3 is 5.69 Å².